The van der Waals surface area contributed by atoms with Crippen LogP contribution in [0.3, 0.4) is 0 Å². The van der Waals surface area contributed by atoms with E-state index in [0.717, 1.165) is 0 Å². The maximum atomic E-state index is 5.12. The van der Waals surface area contributed by atoms with E-state index in [1.807, 2.05) is 6.26 Å². The minimum Gasteiger partial charge on any atom is -0.462 e. The first-order valence-corrected chi connectivity index (χ1v) is 5.11. The molecule has 13 heavy (non-hydrogen) atoms. The van der Waals surface area contributed by atoms with Gasteiger partial charge in [-0.2, -0.15) is 4.98 Å². The molecule has 1 rings (SSSR count). The topological polar surface area (TPSA) is 35.3 Å². The van der Waals surface area contributed by atoms with Gasteiger partial charge in [0.05, 0.1) is 0 Å². The number of aromatic nitrogens is 1. The Balaban J connectivity index is 2.76. The highest BCUT2D eigenvalue weighted by Crippen LogP contribution is 2.22. The zero-order valence-corrected chi connectivity index (χ0v) is 8.06. The van der Waals surface area contributed by atoms with Crippen LogP contribution in [0.25, 0.3) is 0 Å². The molecule has 0 N–H and O–H groups in total. The van der Waals surface area contributed by atoms with E-state index in [1.54, 1.807) is 0 Å². The molecule has 0 radical (unpaired) electrons. The molecule has 68 valence electrons. The van der Waals surface area contributed by atoms with Gasteiger partial charge in [-0.15, -0.1) is 6.42 Å². The van der Waals surface area contributed by atoms with Crippen molar-refractivity contribution >= 4 is 15.5 Å². The lowest BCUT2D eigenvalue weighted by atomic mass is 10.7. The van der Waals surface area contributed by atoms with Gasteiger partial charge in [-0.1, -0.05) is 21.4 Å². The Morgan fingerprint density at radius 1 is 1.85 bits per heavy atom. The van der Waals surface area contributed by atoms with Crippen LogP contribution in [-0.4, -0.2) is 22.9 Å². The van der Waals surface area contributed by atoms with Crippen molar-refractivity contribution < 1.29 is 9.15 Å². The summed E-state index contributed by atoms with van der Waals surface area (Å²) in [6, 6.07) is 0. The molecule has 0 aliphatic carbocycles. The Kier molecular flexibility index (Phi) is 3.39. The summed E-state index contributed by atoms with van der Waals surface area (Å²) in [5.41, 5.74) is 0. The number of terminal acetylenes is 1. The third-order valence-corrected chi connectivity index (χ3v) is 2.39. The fourth-order valence-corrected chi connectivity index (χ4v) is 1.17. The number of hydrogen-bond acceptors (Lipinski definition) is 3. The van der Waals surface area contributed by atoms with Crippen LogP contribution < -0.4 is 4.74 Å². The molecular weight excluding hydrogens is 186 g/mol. The van der Waals surface area contributed by atoms with E-state index in [1.165, 1.54) is 6.26 Å². The molecule has 0 fully saturated rings. The van der Waals surface area contributed by atoms with Crippen LogP contribution in [-0.2, 0) is 0 Å². The van der Waals surface area contributed by atoms with Crippen LogP contribution >= 0.6 is 10.5 Å². The largest absolute Gasteiger partial charge is 0.462 e. The first kappa shape index (κ1) is 9.66. The molecule has 1 aromatic rings. The van der Waals surface area contributed by atoms with E-state index in [9.17, 15) is 0 Å². The molecule has 0 bridgehead atoms. The van der Waals surface area contributed by atoms with Crippen molar-refractivity contribution in [1.82, 2.24) is 4.98 Å². The van der Waals surface area contributed by atoms with E-state index < -0.39 is 0 Å². The summed E-state index contributed by atoms with van der Waals surface area (Å²) in [7, 11) is -0.296. The molecule has 1 unspecified atom stereocenters. The Morgan fingerprint density at radius 3 is 3.23 bits per heavy atom. The van der Waals surface area contributed by atoms with Gasteiger partial charge in [0, 0.05) is 0 Å². The van der Waals surface area contributed by atoms with Crippen molar-refractivity contribution in [2.75, 3.05) is 12.9 Å². The Labute approximate surface area is 79.4 Å². The van der Waals surface area contributed by atoms with Gasteiger partial charge in [0.2, 0.25) is 0 Å². The average molecular weight is 195 g/mol. The van der Waals surface area contributed by atoms with Gasteiger partial charge in [-0.25, -0.2) is 0 Å². The van der Waals surface area contributed by atoms with Crippen molar-refractivity contribution in [2.45, 2.75) is 5.22 Å². The molecule has 0 aliphatic rings. The molecule has 1 heterocycles. The fraction of sp³-hybridized carbons (Fsp3) is 0.222. The number of ether oxygens (including phenoxy) is 1. The van der Waals surface area contributed by atoms with Crippen LogP contribution in [0, 0.1) is 12.3 Å². The summed E-state index contributed by atoms with van der Waals surface area (Å²) < 4.78 is 10.2. The Morgan fingerprint density at radius 2 is 2.62 bits per heavy atom. The van der Waals surface area contributed by atoms with Gasteiger partial charge in [0.1, 0.15) is 0 Å². The van der Waals surface area contributed by atoms with E-state index in [4.69, 9.17) is 15.6 Å². The predicted octanol–water partition coefficient (Wildman–Crippen LogP) is 1.53. The smallest absolute Gasteiger partial charge is 0.260 e. The van der Waals surface area contributed by atoms with Crippen LogP contribution in [0.15, 0.2) is 22.5 Å². The average Bonchev–Trinajstić information content (AvgIpc) is 2.62. The SMILES string of the molecule is C#CCOc1coc(S(C)=C=C)n1. The van der Waals surface area contributed by atoms with E-state index >= 15 is 0 Å². The summed E-state index contributed by atoms with van der Waals surface area (Å²) in [4.78, 5) is 4.04. The highest BCUT2D eigenvalue weighted by molar-refractivity contribution is 8.13. The predicted molar refractivity (Wildman–Crippen MR) is 53.2 cm³/mol. The van der Waals surface area contributed by atoms with Gasteiger partial charge in [0.25, 0.3) is 11.1 Å². The van der Waals surface area contributed by atoms with Gasteiger partial charge in [-0.3, -0.25) is 0 Å². The molecule has 3 nitrogen and oxygen atoms in total. The normalized spacial score (nSPS) is 11.4. The summed E-state index contributed by atoms with van der Waals surface area (Å²) in [6.45, 7) is 3.72. The molecule has 0 amide bonds. The molecule has 0 spiro atoms. The number of oxazole rings is 1. The summed E-state index contributed by atoms with van der Waals surface area (Å²) in [6.07, 6.45) is 8.35. The minimum absolute atomic E-state index is 0.196. The summed E-state index contributed by atoms with van der Waals surface area (Å²) >= 11 is 0. The zero-order chi connectivity index (χ0) is 9.68. The van der Waals surface area contributed by atoms with Gasteiger partial charge >= 0.3 is 0 Å². The van der Waals surface area contributed by atoms with Crippen LogP contribution in [0.4, 0.5) is 0 Å². The van der Waals surface area contributed by atoms with Gasteiger partial charge < -0.3 is 9.15 Å². The highest BCUT2D eigenvalue weighted by Gasteiger charge is 2.04. The first-order chi connectivity index (χ1) is 6.27. The van der Waals surface area contributed by atoms with Gasteiger partial charge in [0.15, 0.2) is 12.9 Å². The van der Waals surface area contributed by atoms with Crippen LogP contribution in [0.5, 0.6) is 5.88 Å². The lowest BCUT2D eigenvalue weighted by Gasteiger charge is -1.92. The van der Waals surface area contributed by atoms with E-state index in [-0.39, 0.29) is 17.1 Å². The van der Waals surface area contributed by atoms with Crippen LogP contribution in [0.1, 0.15) is 0 Å². The third kappa shape index (κ3) is 2.51. The Bertz CT molecular complexity index is 383. The quantitative estimate of drug-likeness (QED) is 0.542. The van der Waals surface area contributed by atoms with Crippen LogP contribution in [0.2, 0.25) is 0 Å². The second kappa shape index (κ2) is 4.56. The molecule has 0 aliphatic heterocycles. The molecule has 1 aromatic heterocycles. The summed E-state index contributed by atoms with van der Waals surface area (Å²) in [5, 5.41) is 3.33. The maximum absolute atomic E-state index is 5.12. The van der Waals surface area contributed by atoms with Crippen molar-refractivity contribution in [3.8, 4) is 18.2 Å². The number of hydrogen-bond donors (Lipinski definition) is 0. The monoisotopic (exact) mass is 195 g/mol. The van der Waals surface area contributed by atoms with Gasteiger partial charge in [-0.05, 0) is 12.8 Å². The third-order valence-electron chi connectivity index (χ3n) is 1.24. The Hall–Kier alpha value is -1.43. The maximum Gasteiger partial charge on any atom is 0.260 e. The van der Waals surface area contributed by atoms with Crippen molar-refractivity contribution in [2.24, 2.45) is 0 Å². The van der Waals surface area contributed by atoms with E-state index in [0.29, 0.717) is 11.1 Å². The first-order valence-electron chi connectivity index (χ1n) is 3.48. The zero-order valence-electron chi connectivity index (χ0n) is 7.24. The highest BCUT2D eigenvalue weighted by atomic mass is 32.2. The minimum atomic E-state index is -0.296. The van der Waals surface area contributed by atoms with Crippen molar-refractivity contribution in [1.29, 1.82) is 0 Å². The molecule has 0 saturated carbocycles. The second-order valence-electron chi connectivity index (χ2n) is 2.10. The molecule has 1 atom stereocenters. The standard InChI is InChI=1S/C9H9NO2S/c1-4-6-11-8-7-12-9(10-8)13(3)5-2/h1,7H,2,6H2,3H3. The number of nitrogens with zero attached hydrogens (tertiary/aromatic N) is 1. The lowest BCUT2D eigenvalue weighted by Crippen LogP contribution is -1.92. The lowest BCUT2D eigenvalue weighted by molar-refractivity contribution is 0.354. The van der Waals surface area contributed by atoms with Crippen molar-refractivity contribution in [3.63, 3.8) is 0 Å². The van der Waals surface area contributed by atoms with E-state index in [2.05, 4.69) is 22.5 Å². The second-order valence-corrected chi connectivity index (χ2v) is 3.76. The molecule has 0 aromatic carbocycles. The fourth-order valence-electron chi connectivity index (χ4n) is 0.628. The van der Waals surface area contributed by atoms with Crippen molar-refractivity contribution in [3.05, 3.63) is 12.8 Å². The summed E-state index contributed by atoms with van der Waals surface area (Å²) in [5.74, 6) is 2.74. The molecule has 4 heteroatoms. The molecule has 0 saturated heterocycles. The molecular formula is C9H9NO2S. The number of rotatable bonds is 3.